The van der Waals surface area contributed by atoms with Crippen molar-refractivity contribution < 1.29 is 23.4 Å². The van der Waals surface area contributed by atoms with Gasteiger partial charge < -0.3 is 23.7 Å². The highest BCUT2D eigenvalue weighted by Gasteiger charge is 2.25. The molecule has 0 bridgehead atoms. The van der Waals surface area contributed by atoms with Crippen LogP contribution in [0, 0.1) is 11.6 Å². The summed E-state index contributed by atoms with van der Waals surface area (Å²) in [7, 11) is 2.11. The molecule has 3 aromatic heterocycles. The van der Waals surface area contributed by atoms with E-state index in [2.05, 4.69) is 29.7 Å². The van der Waals surface area contributed by atoms with Crippen molar-refractivity contribution >= 4 is 30.0 Å². The highest BCUT2D eigenvalue weighted by molar-refractivity contribution is 6.76. The maximum absolute atomic E-state index is 14.8. The number of hydrogen-bond donors (Lipinski definition) is 1. The Balaban J connectivity index is 1.72. The lowest BCUT2D eigenvalue weighted by atomic mass is 9.97. The number of nitrogens with zero attached hydrogens (tertiary/aromatic N) is 5. The summed E-state index contributed by atoms with van der Waals surface area (Å²) in [6, 6.07) is 5.77. The van der Waals surface area contributed by atoms with Gasteiger partial charge in [-0.15, -0.1) is 0 Å². The quantitative estimate of drug-likeness (QED) is 0.177. The van der Waals surface area contributed by atoms with E-state index in [0.29, 0.717) is 45.2 Å². The van der Waals surface area contributed by atoms with E-state index in [-0.39, 0.29) is 23.8 Å². The number of ether oxygens (including phenoxy) is 2. The van der Waals surface area contributed by atoms with Crippen molar-refractivity contribution in [2.45, 2.75) is 45.4 Å². The zero-order valence-corrected chi connectivity index (χ0v) is 24.9. The molecule has 12 heteroatoms. The summed E-state index contributed by atoms with van der Waals surface area (Å²) in [5.74, 6) is -1.62. The summed E-state index contributed by atoms with van der Waals surface area (Å²) in [5, 5.41) is 15.7. The number of aliphatic hydroxyl groups is 1. The summed E-state index contributed by atoms with van der Waals surface area (Å²) >= 11 is 0. The Bertz CT molecular complexity index is 1820. The average molecular weight is 582 g/mol. The SMILES string of the molecule is CC(O)c1cc(-c2cn(C)c(=O)c3c2cnn3COCC[Si](C)(C)C)c(Oc2ccc(F)cc2F)c2ncn(C)c12. The first-order valence-electron chi connectivity index (χ1n) is 13.3. The molecule has 5 aromatic rings. The molecular weight excluding hydrogens is 548 g/mol. The van der Waals surface area contributed by atoms with Crippen LogP contribution in [0.15, 0.2) is 47.8 Å². The Hall–Kier alpha value is -3.87. The highest BCUT2D eigenvalue weighted by atomic mass is 28.3. The standard InChI is InChI=1S/C29H33F2N5O4Si/c1-17(37)19-12-20(28(25-26(19)35(3)15-32-25)40-24-8-7-18(30)11-23(24)31)22-14-34(2)29(38)27-21(22)13-33-36(27)16-39-9-10-41(4,5)6/h7-8,11-15,17,37H,9-10,16H2,1-6H3. The number of aromatic nitrogens is 5. The molecule has 216 valence electrons. The van der Waals surface area contributed by atoms with Crippen molar-refractivity contribution in [1.82, 2.24) is 23.9 Å². The van der Waals surface area contributed by atoms with Gasteiger partial charge in [-0.3, -0.25) is 4.79 Å². The molecule has 0 saturated carbocycles. The summed E-state index contributed by atoms with van der Waals surface area (Å²) in [6.07, 6.45) is 3.92. The minimum atomic E-state index is -1.30. The van der Waals surface area contributed by atoms with Gasteiger partial charge in [0.1, 0.15) is 23.6 Å². The van der Waals surface area contributed by atoms with E-state index in [1.165, 1.54) is 15.3 Å². The minimum absolute atomic E-state index is 0.106. The Morgan fingerprint density at radius 2 is 1.83 bits per heavy atom. The van der Waals surface area contributed by atoms with E-state index in [4.69, 9.17) is 9.47 Å². The van der Waals surface area contributed by atoms with E-state index in [1.54, 1.807) is 50.4 Å². The van der Waals surface area contributed by atoms with Crippen LogP contribution in [0.25, 0.3) is 33.1 Å². The molecule has 0 radical (unpaired) electrons. The van der Waals surface area contributed by atoms with Gasteiger partial charge in [0.05, 0.1) is 24.1 Å². The molecule has 1 atom stereocenters. The smallest absolute Gasteiger partial charge is 0.276 e. The number of fused-ring (bicyclic) bond motifs is 2. The second-order valence-corrected chi connectivity index (χ2v) is 17.1. The molecule has 0 aliphatic rings. The Kier molecular flexibility index (Phi) is 7.57. The molecule has 0 spiro atoms. The van der Waals surface area contributed by atoms with Crippen LogP contribution in [0.4, 0.5) is 8.78 Å². The molecule has 5 rings (SSSR count). The van der Waals surface area contributed by atoms with Crippen LogP contribution < -0.4 is 10.3 Å². The summed E-state index contributed by atoms with van der Waals surface area (Å²) in [4.78, 5) is 17.8. The Labute approximate surface area is 236 Å². The van der Waals surface area contributed by atoms with Gasteiger partial charge in [-0.2, -0.15) is 5.10 Å². The third-order valence-electron chi connectivity index (χ3n) is 7.00. The van der Waals surface area contributed by atoms with Crippen molar-refractivity contribution in [3.05, 3.63) is 70.5 Å². The van der Waals surface area contributed by atoms with E-state index < -0.39 is 25.8 Å². The zero-order chi connectivity index (χ0) is 29.6. The largest absolute Gasteiger partial charge is 0.451 e. The number of aliphatic hydroxyl groups excluding tert-OH is 1. The molecule has 0 aliphatic heterocycles. The van der Waals surface area contributed by atoms with Crippen LogP contribution in [0.1, 0.15) is 18.6 Å². The summed E-state index contributed by atoms with van der Waals surface area (Å²) < 4.78 is 45.1. The summed E-state index contributed by atoms with van der Waals surface area (Å²) in [5.41, 5.74) is 2.60. The van der Waals surface area contributed by atoms with Crippen LogP contribution in [-0.2, 0) is 25.6 Å². The first kappa shape index (κ1) is 28.6. The lowest BCUT2D eigenvalue weighted by Crippen LogP contribution is -2.23. The number of aryl methyl sites for hydroxylation is 2. The fraction of sp³-hybridized carbons (Fsp3) is 0.345. The molecule has 0 aliphatic carbocycles. The topological polar surface area (TPSA) is 96.3 Å². The van der Waals surface area contributed by atoms with Crippen LogP contribution in [0.5, 0.6) is 11.5 Å². The van der Waals surface area contributed by atoms with Gasteiger partial charge in [-0.25, -0.2) is 18.4 Å². The van der Waals surface area contributed by atoms with E-state index in [1.807, 2.05) is 0 Å². The van der Waals surface area contributed by atoms with Gasteiger partial charge in [0.2, 0.25) is 0 Å². The van der Waals surface area contributed by atoms with Gasteiger partial charge >= 0.3 is 0 Å². The average Bonchev–Trinajstić information content (AvgIpc) is 3.49. The molecular formula is C29H33F2N5O4Si. The lowest BCUT2D eigenvalue weighted by Gasteiger charge is -2.18. The molecule has 0 amide bonds. The van der Waals surface area contributed by atoms with Crippen LogP contribution in [0.2, 0.25) is 25.7 Å². The highest BCUT2D eigenvalue weighted by Crippen LogP contribution is 2.44. The monoisotopic (exact) mass is 581 g/mol. The Morgan fingerprint density at radius 1 is 1.07 bits per heavy atom. The van der Waals surface area contributed by atoms with Crippen molar-refractivity contribution in [3.8, 4) is 22.6 Å². The van der Waals surface area contributed by atoms with Crippen molar-refractivity contribution in [3.63, 3.8) is 0 Å². The maximum Gasteiger partial charge on any atom is 0.276 e. The first-order chi connectivity index (χ1) is 19.4. The number of pyridine rings is 1. The molecule has 1 unspecified atom stereocenters. The number of halogens is 2. The third kappa shape index (κ3) is 5.54. The molecule has 1 N–H and O–H groups in total. The second kappa shape index (κ2) is 10.8. The molecule has 0 saturated heterocycles. The number of hydrogen-bond acceptors (Lipinski definition) is 6. The van der Waals surface area contributed by atoms with Crippen molar-refractivity contribution in [2.75, 3.05) is 6.61 Å². The van der Waals surface area contributed by atoms with Gasteiger partial charge in [0.25, 0.3) is 5.56 Å². The molecule has 41 heavy (non-hydrogen) atoms. The molecule has 0 fully saturated rings. The van der Waals surface area contributed by atoms with E-state index in [9.17, 15) is 18.7 Å². The van der Waals surface area contributed by atoms with Gasteiger partial charge in [0.15, 0.2) is 17.3 Å². The number of benzene rings is 2. The van der Waals surface area contributed by atoms with E-state index in [0.717, 1.165) is 18.2 Å². The fourth-order valence-corrected chi connectivity index (χ4v) is 5.54. The number of imidazole rings is 1. The lowest BCUT2D eigenvalue weighted by molar-refractivity contribution is 0.0815. The van der Waals surface area contributed by atoms with Gasteiger partial charge in [0, 0.05) is 63.1 Å². The van der Waals surface area contributed by atoms with Gasteiger partial charge in [-0.05, 0) is 31.2 Å². The van der Waals surface area contributed by atoms with E-state index >= 15 is 0 Å². The van der Waals surface area contributed by atoms with Crippen molar-refractivity contribution in [1.29, 1.82) is 0 Å². The molecule has 3 heterocycles. The predicted molar refractivity (Wildman–Crippen MR) is 156 cm³/mol. The molecule has 2 aromatic carbocycles. The van der Waals surface area contributed by atoms with Crippen LogP contribution in [-0.4, -0.2) is 43.7 Å². The maximum atomic E-state index is 14.8. The van der Waals surface area contributed by atoms with Gasteiger partial charge in [-0.1, -0.05) is 19.6 Å². The predicted octanol–water partition coefficient (Wildman–Crippen LogP) is 5.72. The Morgan fingerprint density at radius 3 is 2.51 bits per heavy atom. The summed E-state index contributed by atoms with van der Waals surface area (Å²) in [6.45, 7) is 9.09. The van der Waals surface area contributed by atoms with Crippen LogP contribution in [0.3, 0.4) is 0 Å². The second-order valence-electron chi connectivity index (χ2n) is 11.5. The fourth-order valence-electron chi connectivity index (χ4n) is 4.78. The molecule has 9 nitrogen and oxygen atoms in total. The van der Waals surface area contributed by atoms with Crippen LogP contribution >= 0.6 is 0 Å². The third-order valence-corrected chi connectivity index (χ3v) is 8.71. The first-order valence-corrected chi connectivity index (χ1v) is 17.0. The number of rotatable bonds is 9. The zero-order valence-electron chi connectivity index (χ0n) is 23.9. The minimum Gasteiger partial charge on any atom is -0.451 e. The van der Waals surface area contributed by atoms with Crippen molar-refractivity contribution in [2.24, 2.45) is 14.1 Å². The normalized spacial score (nSPS) is 12.9.